The van der Waals surface area contributed by atoms with Gasteiger partial charge in [0.15, 0.2) is 0 Å². The maximum Gasteiger partial charge on any atom is 0.0617 e. The molecule has 3 heteroatoms. The van der Waals surface area contributed by atoms with Gasteiger partial charge in [-0.2, -0.15) is 0 Å². The molecule has 15 heavy (non-hydrogen) atoms. The van der Waals surface area contributed by atoms with Gasteiger partial charge in [-0.1, -0.05) is 19.3 Å². The molecule has 0 atom stereocenters. The first-order valence-corrected chi connectivity index (χ1v) is 5.91. The molecule has 82 valence electrons. The van der Waals surface area contributed by atoms with Crippen molar-refractivity contribution in [1.82, 2.24) is 9.97 Å². The SMILES string of the molecule is NCCc1cnc(C2CCCCC2)cn1. The summed E-state index contributed by atoms with van der Waals surface area (Å²) in [7, 11) is 0. The molecular weight excluding hydrogens is 186 g/mol. The lowest BCUT2D eigenvalue weighted by molar-refractivity contribution is 0.435. The first-order chi connectivity index (χ1) is 7.40. The Morgan fingerprint density at radius 3 is 2.53 bits per heavy atom. The van der Waals surface area contributed by atoms with Crippen molar-refractivity contribution in [2.45, 2.75) is 44.4 Å². The first kappa shape index (κ1) is 10.6. The van der Waals surface area contributed by atoms with Gasteiger partial charge >= 0.3 is 0 Å². The molecule has 2 N–H and O–H groups in total. The molecule has 3 nitrogen and oxygen atoms in total. The normalized spacial score (nSPS) is 17.9. The number of aromatic nitrogens is 2. The number of rotatable bonds is 3. The molecule has 1 aliphatic rings. The van der Waals surface area contributed by atoms with Crippen molar-refractivity contribution >= 4 is 0 Å². The molecule has 0 unspecified atom stereocenters. The molecule has 1 aromatic rings. The van der Waals surface area contributed by atoms with Gasteiger partial charge in [0.05, 0.1) is 11.4 Å². The molecule has 0 saturated heterocycles. The van der Waals surface area contributed by atoms with Gasteiger partial charge in [-0.05, 0) is 19.4 Å². The first-order valence-electron chi connectivity index (χ1n) is 5.91. The lowest BCUT2D eigenvalue weighted by Gasteiger charge is -2.20. The van der Waals surface area contributed by atoms with E-state index in [1.54, 1.807) is 0 Å². The van der Waals surface area contributed by atoms with Gasteiger partial charge in [0, 0.05) is 24.7 Å². The molecule has 0 aromatic carbocycles. The second kappa shape index (κ2) is 5.21. The zero-order chi connectivity index (χ0) is 10.5. The molecule has 1 aliphatic carbocycles. The summed E-state index contributed by atoms with van der Waals surface area (Å²) in [6.07, 6.45) is 11.3. The van der Waals surface area contributed by atoms with Crippen LogP contribution in [0, 0.1) is 0 Å². The van der Waals surface area contributed by atoms with Gasteiger partial charge in [-0.15, -0.1) is 0 Å². The Kier molecular flexibility index (Phi) is 3.67. The van der Waals surface area contributed by atoms with Crippen molar-refractivity contribution in [3.8, 4) is 0 Å². The summed E-state index contributed by atoms with van der Waals surface area (Å²) in [5.74, 6) is 0.651. The van der Waals surface area contributed by atoms with E-state index < -0.39 is 0 Å². The average Bonchev–Trinajstić information content (AvgIpc) is 2.32. The maximum absolute atomic E-state index is 5.47. The second-order valence-electron chi connectivity index (χ2n) is 4.31. The van der Waals surface area contributed by atoms with Gasteiger partial charge in [0.2, 0.25) is 0 Å². The van der Waals surface area contributed by atoms with Crippen LogP contribution in [0.2, 0.25) is 0 Å². The summed E-state index contributed by atoms with van der Waals surface area (Å²) >= 11 is 0. The largest absolute Gasteiger partial charge is 0.330 e. The topological polar surface area (TPSA) is 51.8 Å². The molecule has 1 fully saturated rings. The van der Waals surface area contributed by atoms with Crippen molar-refractivity contribution in [2.24, 2.45) is 5.73 Å². The highest BCUT2D eigenvalue weighted by atomic mass is 14.8. The van der Waals surface area contributed by atoms with Crippen molar-refractivity contribution in [3.05, 3.63) is 23.8 Å². The number of nitrogens with zero attached hydrogens (tertiary/aromatic N) is 2. The van der Waals surface area contributed by atoms with E-state index in [1.165, 1.54) is 37.8 Å². The van der Waals surface area contributed by atoms with E-state index in [0.29, 0.717) is 12.5 Å². The fourth-order valence-corrected chi connectivity index (χ4v) is 2.25. The van der Waals surface area contributed by atoms with Gasteiger partial charge in [-0.3, -0.25) is 9.97 Å². The highest BCUT2D eigenvalue weighted by Crippen LogP contribution is 2.30. The Morgan fingerprint density at radius 1 is 1.13 bits per heavy atom. The lowest BCUT2D eigenvalue weighted by atomic mass is 9.87. The van der Waals surface area contributed by atoms with Crippen LogP contribution < -0.4 is 5.73 Å². The van der Waals surface area contributed by atoms with Crippen LogP contribution in [-0.4, -0.2) is 16.5 Å². The highest BCUT2D eigenvalue weighted by Gasteiger charge is 2.16. The molecule has 0 bridgehead atoms. The summed E-state index contributed by atoms with van der Waals surface area (Å²) in [4.78, 5) is 8.90. The monoisotopic (exact) mass is 205 g/mol. The minimum Gasteiger partial charge on any atom is -0.330 e. The number of nitrogens with two attached hydrogens (primary N) is 1. The fourth-order valence-electron chi connectivity index (χ4n) is 2.25. The lowest BCUT2D eigenvalue weighted by Crippen LogP contribution is -2.09. The summed E-state index contributed by atoms with van der Waals surface area (Å²) < 4.78 is 0. The van der Waals surface area contributed by atoms with Crippen molar-refractivity contribution in [2.75, 3.05) is 6.54 Å². The van der Waals surface area contributed by atoms with Crippen LogP contribution in [0.3, 0.4) is 0 Å². The van der Waals surface area contributed by atoms with Gasteiger partial charge in [0.1, 0.15) is 0 Å². The Labute approximate surface area is 91.1 Å². The third kappa shape index (κ3) is 2.75. The minimum absolute atomic E-state index is 0.650. The van der Waals surface area contributed by atoms with E-state index in [-0.39, 0.29) is 0 Å². The van der Waals surface area contributed by atoms with Gasteiger partial charge in [0.25, 0.3) is 0 Å². The molecule has 0 radical (unpaired) electrons. The third-order valence-electron chi connectivity index (χ3n) is 3.15. The molecule has 1 aromatic heterocycles. The predicted molar refractivity (Wildman–Crippen MR) is 60.6 cm³/mol. The number of hydrogen-bond donors (Lipinski definition) is 1. The van der Waals surface area contributed by atoms with Crippen LogP contribution in [0.1, 0.15) is 49.4 Å². The van der Waals surface area contributed by atoms with E-state index >= 15 is 0 Å². The van der Waals surface area contributed by atoms with Crippen molar-refractivity contribution in [3.63, 3.8) is 0 Å². The van der Waals surface area contributed by atoms with Crippen LogP contribution >= 0.6 is 0 Å². The zero-order valence-corrected chi connectivity index (χ0v) is 9.15. The highest BCUT2D eigenvalue weighted by molar-refractivity contribution is 5.08. The second-order valence-corrected chi connectivity index (χ2v) is 4.31. The van der Waals surface area contributed by atoms with Crippen LogP contribution in [-0.2, 0) is 6.42 Å². The zero-order valence-electron chi connectivity index (χ0n) is 9.15. The fraction of sp³-hybridized carbons (Fsp3) is 0.667. The average molecular weight is 205 g/mol. The number of hydrogen-bond acceptors (Lipinski definition) is 3. The van der Waals surface area contributed by atoms with Gasteiger partial charge in [-0.25, -0.2) is 0 Å². The van der Waals surface area contributed by atoms with Crippen molar-refractivity contribution < 1.29 is 0 Å². The van der Waals surface area contributed by atoms with Crippen LogP contribution in [0.4, 0.5) is 0 Å². The molecular formula is C12H19N3. The standard InChI is InChI=1S/C12H19N3/c13-7-6-11-8-15-12(9-14-11)10-4-2-1-3-5-10/h8-10H,1-7,13H2. The predicted octanol–water partition coefficient (Wildman–Crippen LogP) is 2.03. The summed E-state index contributed by atoms with van der Waals surface area (Å²) in [5.41, 5.74) is 7.66. The minimum atomic E-state index is 0.650. The Hall–Kier alpha value is -0.960. The summed E-state index contributed by atoms with van der Waals surface area (Å²) in [5, 5.41) is 0. The molecule has 0 aliphatic heterocycles. The molecule has 1 saturated carbocycles. The smallest absolute Gasteiger partial charge is 0.0617 e. The quantitative estimate of drug-likeness (QED) is 0.821. The van der Waals surface area contributed by atoms with E-state index in [9.17, 15) is 0 Å². The van der Waals surface area contributed by atoms with E-state index in [1.807, 2.05) is 12.4 Å². The Balaban J connectivity index is 2.02. The molecule has 1 heterocycles. The Morgan fingerprint density at radius 2 is 1.93 bits per heavy atom. The van der Waals surface area contributed by atoms with Crippen LogP contribution in [0.25, 0.3) is 0 Å². The Bertz CT molecular complexity index is 288. The van der Waals surface area contributed by atoms with E-state index in [2.05, 4.69) is 9.97 Å². The van der Waals surface area contributed by atoms with E-state index in [4.69, 9.17) is 5.73 Å². The third-order valence-corrected chi connectivity index (χ3v) is 3.15. The molecule has 0 amide bonds. The molecule has 2 rings (SSSR count). The summed E-state index contributed by atoms with van der Waals surface area (Å²) in [6.45, 7) is 0.650. The van der Waals surface area contributed by atoms with E-state index in [0.717, 1.165) is 12.1 Å². The van der Waals surface area contributed by atoms with Crippen LogP contribution in [0.15, 0.2) is 12.4 Å². The van der Waals surface area contributed by atoms with Crippen LogP contribution in [0.5, 0.6) is 0 Å². The van der Waals surface area contributed by atoms with Crippen molar-refractivity contribution in [1.29, 1.82) is 0 Å². The van der Waals surface area contributed by atoms with Gasteiger partial charge < -0.3 is 5.73 Å². The molecule has 0 spiro atoms. The summed E-state index contributed by atoms with van der Waals surface area (Å²) in [6, 6.07) is 0. The maximum atomic E-state index is 5.47.